The Morgan fingerprint density at radius 2 is 1.75 bits per heavy atom. The fourth-order valence-corrected chi connectivity index (χ4v) is 4.84. The maximum Gasteiger partial charge on any atom is 0.271 e. The quantitative estimate of drug-likeness (QED) is 0.296. The van der Waals surface area contributed by atoms with Gasteiger partial charge in [0.1, 0.15) is 0 Å². The van der Waals surface area contributed by atoms with Crippen LogP contribution in [0.1, 0.15) is 15.2 Å². The van der Waals surface area contributed by atoms with E-state index in [0.29, 0.717) is 5.56 Å². The molecule has 0 fully saturated rings. The first-order valence-corrected chi connectivity index (χ1v) is 10.5. The maximum atomic E-state index is 12.5. The first-order chi connectivity index (χ1) is 13.7. The molecular weight excluding hydrogens is 408 g/mol. The summed E-state index contributed by atoms with van der Waals surface area (Å²) < 4.78 is 1.14. The first-order valence-electron chi connectivity index (χ1n) is 8.53. The summed E-state index contributed by atoms with van der Waals surface area (Å²) in [4.78, 5) is 14.6. The molecule has 0 saturated heterocycles. The van der Waals surface area contributed by atoms with Gasteiger partial charge in [-0.15, -0.1) is 11.3 Å². The van der Waals surface area contributed by atoms with E-state index < -0.39 is 0 Å². The molecule has 138 valence electrons. The van der Waals surface area contributed by atoms with E-state index in [-0.39, 0.29) is 5.91 Å². The normalized spacial score (nSPS) is 11.2. The predicted octanol–water partition coefficient (Wildman–Crippen LogP) is 6.47. The van der Waals surface area contributed by atoms with Gasteiger partial charge < -0.3 is 0 Å². The topological polar surface area (TPSA) is 41.5 Å². The molecule has 0 atom stereocenters. The fraction of sp³-hybridized carbons (Fsp3) is 0. The van der Waals surface area contributed by atoms with Crippen molar-refractivity contribution >= 4 is 57.6 Å². The van der Waals surface area contributed by atoms with Gasteiger partial charge in [0.25, 0.3) is 5.91 Å². The van der Waals surface area contributed by atoms with Gasteiger partial charge in [-0.1, -0.05) is 59.8 Å². The zero-order valence-electron chi connectivity index (χ0n) is 14.6. The van der Waals surface area contributed by atoms with Gasteiger partial charge >= 0.3 is 0 Å². The van der Waals surface area contributed by atoms with Crippen molar-refractivity contribution in [3.8, 4) is 0 Å². The lowest BCUT2D eigenvalue weighted by molar-refractivity contribution is 0.0957. The van der Waals surface area contributed by atoms with Crippen LogP contribution in [0.3, 0.4) is 0 Å². The highest BCUT2D eigenvalue weighted by atomic mass is 35.5. The molecule has 0 bridgehead atoms. The van der Waals surface area contributed by atoms with Gasteiger partial charge in [-0.25, -0.2) is 5.43 Å². The second kappa shape index (κ2) is 8.61. The van der Waals surface area contributed by atoms with E-state index in [2.05, 4.69) is 10.5 Å². The van der Waals surface area contributed by atoms with E-state index in [4.69, 9.17) is 11.6 Å². The summed E-state index contributed by atoms with van der Waals surface area (Å²) in [6.07, 6.45) is 1.67. The minimum absolute atomic E-state index is 0.222. The van der Waals surface area contributed by atoms with Crippen LogP contribution in [0, 0.1) is 0 Å². The smallest absolute Gasteiger partial charge is 0.267 e. The van der Waals surface area contributed by atoms with Gasteiger partial charge in [0.15, 0.2) is 0 Å². The maximum absolute atomic E-state index is 12.5. The third-order valence-electron chi connectivity index (χ3n) is 4.03. The highest BCUT2D eigenvalue weighted by Crippen LogP contribution is 2.33. The second-order valence-electron chi connectivity index (χ2n) is 5.94. The summed E-state index contributed by atoms with van der Waals surface area (Å²) in [6.45, 7) is 0. The molecule has 1 amide bonds. The molecule has 1 heterocycles. The molecule has 0 saturated carbocycles. The number of hydrazone groups is 1. The van der Waals surface area contributed by atoms with Crippen molar-refractivity contribution in [1.29, 1.82) is 0 Å². The number of hydrogen-bond acceptors (Lipinski definition) is 4. The number of nitrogens with one attached hydrogen (secondary N) is 1. The minimum Gasteiger partial charge on any atom is -0.267 e. The van der Waals surface area contributed by atoms with Crippen LogP contribution in [0.2, 0.25) is 5.02 Å². The standard InChI is InChI=1S/C22H15ClN2OS2/c23-16-8-10-17(11-9-16)27-21-13-12-18(28-21)14-24-25-22(26)20-7-3-5-15-4-1-2-6-19(15)20/h1-14H,(H,25,26)/b24-14-. The van der Waals surface area contributed by atoms with Crippen molar-refractivity contribution in [1.82, 2.24) is 5.43 Å². The van der Waals surface area contributed by atoms with Gasteiger partial charge in [-0.3, -0.25) is 4.79 Å². The van der Waals surface area contributed by atoms with Crippen LogP contribution in [-0.2, 0) is 0 Å². The van der Waals surface area contributed by atoms with E-state index in [0.717, 1.165) is 29.8 Å². The molecule has 0 unspecified atom stereocenters. The Bertz CT molecular complexity index is 1150. The number of nitrogens with zero attached hydrogens (tertiary/aromatic N) is 1. The first kappa shape index (κ1) is 18.7. The number of benzene rings is 3. The summed E-state index contributed by atoms with van der Waals surface area (Å²) in [7, 11) is 0. The summed E-state index contributed by atoms with van der Waals surface area (Å²) in [5.74, 6) is -0.222. The van der Waals surface area contributed by atoms with Gasteiger partial charge in [0.05, 0.1) is 10.4 Å². The molecule has 1 N–H and O–H groups in total. The fourth-order valence-electron chi connectivity index (χ4n) is 2.72. The average molecular weight is 423 g/mol. The summed E-state index contributed by atoms with van der Waals surface area (Å²) >= 11 is 9.20. The molecule has 0 radical (unpaired) electrons. The molecule has 4 rings (SSSR count). The predicted molar refractivity (Wildman–Crippen MR) is 119 cm³/mol. The van der Waals surface area contributed by atoms with Crippen LogP contribution in [0.5, 0.6) is 0 Å². The molecule has 28 heavy (non-hydrogen) atoms. The van der Waals surface area contributed by atoms with Crippen LogP contribution < -0.4 is 5.43 Å². The number of carbonyl (C=O) groups is 1. The van der Waals surface area contributed by atoms with Crippen molar-refractivity contribution in [2.45, 2.75) is 9.10 Å². The molecule has 0 aliphatic rings. The van der Waals surface area contributed by atoms with Crippen molar-refractivity contribution in [2.24, 2.45) is 5.10 Å². The average Bonchev–Trinajstić information content (AvgIpc) is 3.16. The van der Waals surface area contributed by atoms with Gasteiger partial charge in [0, 0.05) is 20.4 Å². The second-order valence-corrected chi connectivity index (χ2v) is 8.86. The lowest BCUT2D eigenvalue weighted by Crippen LogP contribution is -2.17. The van der Waals surface area contributed by atoms with E-state index in [9.17, 15) is 4.79 Å². The highest BCUT2D eigenvalue weighted by Gasteiger charge is 2.08. The number of hydrogen-bond donors (Lipinski definition) is 1. The number of halogens is 1. The van der Waals surface area contributed by atoms with Crippen molar-refractivity contribution in [3.05, 3.63) is 94.3 Å². The van der Waals surface area contributed by atoms with E-state index in [1.54, 1.807) is 35.4 Å². The van der Waals surface area contributed by atoms with Crippen LogP contribution in [0.4, 0.5) is 0 Å². The molecule has 4 aromatic rings. The highest BCUT2D eigenvalue weighted by molar-refractivity contribution is 8.01. The van der Waals surface area contributed by atoms with Crippen LogP contribution in [-0.4, -0.2) is 12.1 Å². The number of carbonyl (C=O) groups excluding carboxylic acids is 1. The van der Waals surface area contributed by atoms with E-state index >= 15 is 0 Å². The van der Waals surface area contributed by atoms with Gasteiger partial charge in [-0.2, -0.15) is 5.10 Å². The Labute approximate surface area is 176 Å². The van der Waals surface area contributed by atoms with E-state index in [1.807, 2.05) is 72.8 Å². The molecular formula is C22H15ClN2OS2. The van der Waals surface area contributed by atoms with Gasteiger partial charge in [0.2, 0.25) is 0 Å². The van der Waals surface area contributed by atoms with Crippen LogP contribution in [0.15, 0.2) is 93.1 Å². The summed E-state index contributed by atoms with van der Waals surface area (Å²) in [5.41, 5.74) is 3.23. The Morgan fingerprint density at radius 1 is 0.964 bits per heavy atom. The third-order valence-corrected chi connectivity index (χ3v) is 6.44. The molecule has 6 heteroatoms. The van der Waals surface area contributed by atoms with Crippen molar-refractivity contribution < 1.29 is 4.79 Å². The Hall–Kier alpha value is -2.60. The molecule has 0 spiro atoms. The van der Waals surface area contributed by atoms with Crippen molar-refractivity contribution in [3.63, 3.8) is 0 Å². The SMILES string of the molecule is O=C(N/N=C\c1ccc(Sc2ccc(Cl)cc2)s1)c1cccc2ccccc12. The number of thiophene rings is 1. The van der Waals surface area contributed by atoms with Crippen LogP contribution >= 0.6 is 34.7 Å². The zero-order chi connectivity index (χ0) is 19.3. The molecule has 0 aliphatic carbocycles. The zero-order valence-corrected chi connectivity index (χ0v) is 17.0. The number of rotatable bonds is 5. The minimum atomic E-state index is -0.222. The monoisotopic (exact) mass is 422 g/mol. The van der Waals surface area contributed by atoms with E-state index in [1.165, 1.54) is 0 Å². The van der Waals surface area contributed by atoms with Crippen LogP contribution in [0.25, 0.3) is 10.8 Å². The Balaban J connectivity index is 1.41. The number of amides is 1. The van der Waals surface area contributed by atoms with Crippen molar-refractivity contribution in [2.75, 3.05) is 0 Å². The molecule has 3 nitrogen and oxygen atoms in total. The summed E-state index contributed by atoms with van der Waals surface area (Å²) in [5, 5.41) is 6.78. The largest absolute Gasteiger partial charge is 0.271 e. The Morgan fingerprint density at radius 3 is 2.61 bits per heavy atom. The Kier molecular flexibility index (Phi) is 5.76. The lowest BCUT2D eigenvalue weighted by Gasteiger charge is -2.04. The lowest BCUT2D eigenvalue weighted by atomic mass is 10.0. The molecule has 0 aliphatic heterocycles. The number of fused-ring (bicyclic) bond motifs is 1. The molecule has 1 aromatic heterocycles. The summed E-state index contributed by atoms with van der Waals surface area (Å²) in [6, 6.07) is 25.2. The third kappa shape index (κ3) is 4.44. The molecule has 3 aromatic carbocycles. The van der Waals surface area contributed by atoms with Gasteiger partial charge in [-0.05, 0) is 53.2 Å².